The van der Waals surface area contributed by atoms with Crippen molar-refractivity contribution >= 4 is 5.97 Å². The quantitative estimate of drug-likeness (QED) is 0.589. The van der Waals surface area contributed by atoms with Crippen molar-refractivity contribution < 1.29 is 14.6 Å². The van der Waals surface area contributed by atoms with Crippen LogP contribution < -0.4 is 5.73 Å². The summed E-state index contributed by atoms with van der Waals surface area (Å²) in [5.41, 5.74) is 5.07. The Morgan fingerprint density at radius 2 is 2.15 bits per heavy atom. The molecule has 4 heteroatoms. The summed E-state index contributed by atoms with van der Waals surface area (Å²) in [6.07, 6.45) is 1.82. The standard InChI is InChI=1S/C9H15NO3/c1-13-7(12)9-3-8(4-9,5-9)6(11)2-10/h6,11H,2-5,10H2,1H3. The third-order valence-electron chi connectivity index (χ3n) is 3.62. The van der Waals surface area contributed by atoms with Gasteiger partial charge in [-0.1, -0.05) is 0 Å². The molecule has 3 N–H and O–H groups in total. The average Bonchev–Trinajstić information content (AvgIpc) is 1.98. The van der Waals surface area contributed by atoms with Crippen LogP contribution in [0, 0.1) is 10.8 Å². The van der Waals surface area contributed by atoms with Gasteiger partial charge in [0, 0.05) is 12.0 Å². The van der Waals surface area contributed by atoms with Gasteiger partial charge in [0.15, 0.2) is 0 Å². The number of carbonyl (C=O) groups excluding carboxylic acids is 1. The molecule has 1 unspecified atom stereocenters. The van der Waals surface area contributed by atoms with Crippen LogP contribution in [0.5, 0.6) is 0 Å². The van der Waals surface area contributed by atoms with E-state index in [9.17, 15) is 9.90 Å². The minimum Gasteiger partial charge on any atom is -0.469 e. The Kier molecular flexibility index (Phi) is 1.69. The Morgan fingerprint density at radius 1 is 1.62 bits per heavy atom. The van der Waals surface area contributed by atoms with Gasteiger partial charge in [-0.05, 0) is 19.3 Å². The highest BCUT2D eigenvalue weighted by molar-refractivity contribution is 5.81. The van der Waals surface area contributed by atoms with E-state index in [0.717, 1.165) is 19.3 Å². The van der Waals surface area contributed by atoms with E-state index in [1.54, 1.807) is 0 Å². The molecule has 13 heavy (non-hydrogen) atoms. The molecule has 4 nitrogen and oxygen atoms in total. The number of methoxy groups -OCH3 is 1. The van der Waals surface area contributed by atoms with Crippen molar-refractivity contribution in [2.45, 2.75) is 25.4 Å². The number of aliphatic hydroxyl groups is 1. The summed E-state index contributed by atoms with van der Waals surface area (Å²) >= 11 is 0. The van der Waals surface area contributed by atoms with Gasteiger partial charge in [-0.25, -0.2) is 0 Å². The van der Waals surface area contributed by atoms with Gasteiger partial charge < -0.3 is 15.6 Å². The highest BCUT2D eigenvalue weighted by atomic mass is 16.5. The molecule has 0 radical (unpaired) electrons. The summed E-state index contributed by atoms with van der Waals surface area (Å²) in [6, 6.07) is 0. The van der Waals surface area contributed by atoms with Gasteiger partial charge in [0.2, 0.25) is 0 Å². The van der Waals surface area contributed by atoms with Gasteiger partial charge in [-0.3, -0.25) is 4.79 Å². The highest BCUT2D eigenvalue weighted by Crippen LogP contribution is 2.74. The van der Waals surface area contributed by atoms with Gasteiger partial charge in [-0.15, -0.1) is 0 Å². The molecule has 3 aliphatic rings. The zero-order valence-corrected chi connectivity index (χ0v) is 7.75. The molecule has 1 atom stereocenters. The molecule has 0 amide bonds. The largest absolute Gasteiger partial charge is 0.469 e. The maximum Gasteiger partial charge on any atom is 0.311 e. The van der Waals surface area contributed by atoms with E-state index in [1.165, 1.54) is 7.11 Å². The van der Waals surface area contributed by atoms with E-state index in [0.29, 0.717) is 0 Å². The lowest BCUT2D eigenvalue weighted by Gasteiger charge is -2.70. The first-order chi connectivity index (χ1) is 6.08. The Bertz CT molecular complexity index is 231. The fourth-order valence-corrected chi connectivity index (χ4v) is 2.90. The van der Waals surface area contributed by atoms with Crippen LogP contribution in [0.25, 0.3) is 0 Å². The summed E-state index contributed by atoms with van der Waals surface area (Å²) in [4.78, 5) is 11.3. The molecular formula is C9H15NO3. The summed E-state index contributed by atoms with van der Waals surface area (Å²) in [5, 5.41) is 9.57. The highest BCUT2D eigenvalue weighted by Gasteiger charge is 2.74. The summed E-state index contributed by atoms with van der Waals surface area (Å²) in [6.45, 7) is 0.289. The second-order valence-corrected chi connectivity index (χ2v) is 4.42. The number of rotatable bonds is 3. The molecule has 0 saturated heterocycles. The van der Waals surface area contributed by atoms with Gasteiger partial charge in [0.25, 0.3) is 0 Å². The first-order valence-corrected chi connectivity index (χ1v) is 4.55. The molecule has 3 rings (SSSR count). The van der Waals surface area contributed by atoms with Crippen LogP contribution in [-0.2, 0) is 9.53 Å². The van der Waals surface area contributed by atoms with Crippen LogP contribution in [0.2, 0.25) is 0 Å². The second kappa shape index (κ2) is 2.45. The Balaban J connectivity index is 1.96. The average molecular weight is 185 g/mol. The molecule has 0 aromatic carbocycles. The van der Waals surface area contributed by atoms with E-state index in [4.69, 9.17) is 10.5 Å². The third-order valence-corrected chi connectivity index (χ3v) is 3.62. The topological polar surface area (TPSA) is 72.5 Å². The first kappa shape index (κ1) is 8.97. The second-order valence-electron chi connectivity index (χ2n) is 4.42. The third kappa shape index (κ3) is 0.901. The number of nitrogens with two attached hydrogens (primary N) is 1. The monoisotopic (exact) mass is 185 g/mol. The predicted octanol–water partition coefficient (Wildman–Crippen LogP) is -0.351. The molecule has 0 heterocycles. The molecule has 3 fully saturated rings. The number of hydrogen-bond donors (Lipinski definition) is 2. The fourth-order valence-electron chi connectivity index (χ4n) is 2.90. The van der Waals surface area contributed by atoms with Crippen molar-refractivity contribution in [2.24, 2.45) is 16.6 Å². The van der Waals surface area contributed by atoms with Crippen molar-refractivity contribution in [3.63, 3.8) is 0 Å². The van der Waals surface area contributed by atoms with E-state index < -0.39 is 6.10 Å². The SMILES string of the molecule is COC(=O)C12CC(C(O)CN)(C1)C2. The van der Waals surface area contributed by atoms with Gasteiger partial charge >= 0.3 is 5.97 Å². The summed E-state index contributed by atoms with van der Waals surface area (Å²) in [7, 11) is 1.41. The lowest BCUT2D eigenvalue weighted by molar-refractivity contribution is -0.255. The minimum atomic E-state index is -0.445. The molecule has 3 saturated carbocycles. The first-order valence-electron chi connectivity index (χ1n) is 4.55. The molecular weight excluding hydrogens is 170 g/mol. The lowest BCUT2D eigenvalue weighted by Crippen LogP contribution is -2.70. The van der Waals surface area contributed by atoms with Crippen LogP contribution >= 0.6 is 0 Å². The van der Waals surface area contributed by atoms with Crippen molar-refractivity contribution in [3.8, 4) is 0 Å². The van der Waals surface area contributed by atoms with Crippen molar-refractivity contribution in [3.05, 3.63) is 0 Å². The van der Waals surface area contributed by atoms with Crippen molar-refractivity contribution in [1.29, 1.82) is 0 Å². The number of esters is 1. The zero-order chi connectivity index (χ0) is 9.69. The maximum atomic E-state index is 11.3. The zero-order valence-electron chi connectivity index (χ0n) is 7.75. The van der Waals surface area contributed by atoms with E-state index in [1.807, 2.05) is 0 Å². The number of aliphatic hydroxyl groups excluding tert-OH is 1. The van der Waals surface area contributed by atoms with Gasteiger partial charge in [0.1, 0.15) is 0 Å². The molecule has 0 spiro atoms. The van der Waals surface area contributed by atoms with Crippen LogP contribution in [-0.4, -0.2) is 30.8 Å². The molecule has 74 valence electrons. The van der Waals surface area contributed by atoms with Gasteiger partial charge in [0.05, 0.1) is 18.6 Å². The molecule has 0 aromatic rings. The van der Waals surface area contributed by atoms with Crippen LogP contribution in [0.3, 0.4) is 0 Å². The van der Waals surface area contributed by atoms with Crippen molar-refractivity contribution in [1.82, 2.24) is 0 Å². The normalized spacial score (nSPS) is 43.0. The minimum absolute atomic E-state index is 0.0526. The maximum absolute atomic E-state index is 11.3. The Morgan fingerprint density at radius 3 is 2.54 bits per heavy atom. The van der Waals surface area contributed by atoms with Gasteiger partial charge in [-0.2, -0.15) is 0 Å². The molecule has 2 bridgehead atoms. The van der Waals surface area contributed by atoms with E-state index in [2.05, 4.69) is 0 Å². The van der Waals surface area contributed by atoms with Crippen molar-refractivity contribution in [2.75, 3.05) is 13.7 Å². The molecule has 0 aromatic heterocycles. The molecule has 3 aliphatic carbocycles. The number of carbonyl (C=O) groups is 1. The molecule has 0 aliphatic heterocycles. The number of ether oxygens (including phenoxy) is 1. The van der Waals surface area contributed by atoms with E-state index in [-0.39, 0.29) is 23.3 Å². The predicted molar refractivity (Wildman–Crippen MR) is 45.8 cm³/mol. The Labute approximate surface area is 77.1 Å². The Hall–Kier alpha value is -0.610. The van der Waals surface area contributed by atoms with E-state index >= 15 is 0 Å². The van der Waals surface area contributed by atoms with Crippen LogP contribution in [0.4, 0.5) is 0 Å². The van der Waals surface area contributed by atoms with Crippen LogP contribution in [0.15, 0.2) is 0 Å². The summed E-state index contributed by atoms with van der Waals surface area (Å²) < 4.78 is 4.70. The number of hydrogen-bond acceptors (Lipinski definition) is 4. The smallest absolute Gasteiger partial charge is 0.311 e. The summed E-state index contributed by atoms with van der Waals surface area (Å²) in [5.74, 6) is -0.126. The fraction of sp³-hybridized carbons (Fsp3) is 0.889. The lowest BCUT2D eigenvalue weighted by atomic mass is 9.33. The van der Waals surface area contributed by atoms with Crippen LogP contribution in [0.1, 0.15) is 19.3 Å².